The Morgan fingerprint density at radius 3 is 3.00 bits per heavy atom. The molecule has 3 nitrogen and oxygen atoms in total. The van der Waals surface area contributed by atoms with Crippen LogP contribution in [-0.2, 0) is 4.79 Å². The highest BCUT2D eigenvalue weighted by Gasteiger charge is 2.12. The third-order valence-corrected chi connectivity index (χ3v) is 2.97. The average molecular weight is 257 g/mol. The van der Waals surface area contributed by atoms with E-state index in [1.165, 1.54) is 0 Å². The summed E-state index contributed by atoms with van der Waals surface area (Å²) >= 11 is 3.29. The van der Waals surface area contributed by atoms with Crippen molar-refractivity contribution in [2.24, 2.45) is 0 Å². The lowest BCUT2D eigenvalue weighted by Gasteiger charge is -2.09. The first-order chi connectivity index (χ1) is 6.65. The maximum absolute atomic E-state index is 11.5. The van der Waals surface area contributed by atoms with Crippen LogP contribution in [0.15, 0.2) is 18.3 Å². The van der Waals surface area contributed by atoms with Gasteiger partial charge in [0.1, 0.15) is 0 Å². The predicted molar refractivity (Wildman–Crippen MR) is 60.6 cm³/mol. The van der Waals surface area contributed by atoms with Gasteiger partial charge in [0.15, 0.2) is 0 Å². The fourth-order valence-electron chi connectivity index (χ4n) is 1.01. The first-order valence-electron chi connectivity index (χ1n) is 4.51. The molecular formula is C10H13BrN2O. The van der Waals surface area contributed by atoms with Gasteiger partial charge in [-0.2, -0.15) is 0 Å². The number of anilines is 1. The number of hydrogen-bond donors (Lipinski definition) is 1. The van der Waals surface area contributed by atoms with Crippen LogP contribution in [0, 0.1) is 6.92 Å². The summed E-state index contributed by atoms with van der Waals surface area (Å²) in [5, 5.41) is 2.81. The summed E-state index contributed by atoms with van der Waals surface area (Å²) in [6.07, 6.45) is 2.47. The smallest absolute Gasteiger partial charge is 0.238 e. The van der Waals surface area contributed by atoms with Gasteiger partial charge in [0.05, 0.1) is 16.2 Å². The Bertz CT molecular complexity index is 328. The van der Waals surface area contributed by atoms with Crippen LogP contribution in [0.3, 0.4) is 0 Å². The molecule has 1 unspecified atom stereocenters. The Morgan fingerprint density at radius 2 is 2.43 bits per heavy atom. The third kappa shape index (κ3) is 2.80. The lowest BCUT2D eigenvalue weighted by Crippen LogP contribution is -2.22. The Labute approximate surface area is 92.1 Å². The Kier molecular flexibility index (Phi) is 4.07. The Hall–Kier alpha value is -0.900. The summed E-state index contributed by atoms with van der Waals surface area (Å²) in [5.74, 6) is -0.0244. The second kappa shape index (κ2) is 5.10. The van der Waals surface area contributed by atoms with Gasteiger partial charge < -0.3 is 5.32 Å². The molecule has 1 amide bonds. The number of rotatable bonds is 3. The molecule has 0 aromatic carbocycles. The lowest BCUT2D eigenvalue weighted by molar-refractivity contribution is -0.115. The van der Waals surface area contributed by atoms with Gasteiger partial charge in [-0.3, -0.25) is 9.78 Å². The van der Waals surface area contributed by atoms with Crippen LogP contribution in [-0.4, -0.2) is 15.7 Å². The summed E-state index contributed by atoms with van der Waals surface area (Å²) in [5.41, 5.74) is 1.60. The van der Waals surface area contributed by atoms with Crippen molar-refractivity contribution in [3.8, 4) is 0 Å². The second-order valence-corrected chi connectivity index (χ2v) is 4.11. The zero-order valence-corrected chi connectivity index (χ0v) is 9.84. The van der Waals surface area contributed by atoms with Crippen molar-refractivity contribution in [1.82, 2.24) is 4.98 Å². The fraction of sp³-hybridized carbons (Fsp3) is 0.400. The molecule has 1 atom stereocenters. The van der Waals surface area contributed by atoms with Crippen molar-refractivity contribution in [3.05, 3.63) is 24.0 Å². The van der Waals surface area contributed by atoms with E-state index in [1.807, 2.05) is 19.9 Å². The highest BCUT2D eigenvalue weighted by Crippen LogP contribution is 2.13. The maximum atomic E-state index is 11.5. The number of carbonyl (C=O) groups excluding carboxylic acids is 1. The van der Waals surface area contributed by atoms with E-state index in [4.69, 9.17) is 0 Å². The number of nitrogens with one attached hydrogen (secondary N) is 1. The molecule has 0 radical (unpaired) electrons. The largest absolute Gasteiger partial charge is 0.324 e. The minimum atomic E-state index is -0.137. The molecule has 0 aliphatic rings. The number of pyridine rings is 1. The molecule has 0 spiro atoms. The summed E-state index contributed by atoms with van der Waals surface area (Å²) in [7, 11) is 0. The highest BCUT2D eigenvalue weighted by molar-refractivity contribution is 9.10. The van der Waals surface area contributed by atoms with Gasteiger partial charge in [0.25, 0.3) is 0 Å². The molecule has 0 fully saturated rings. The minimum Gasteiger partial charge on any atom is -0.324 e. The molecule has 14 heavy (non-hydrogen) atoms. The molecule has 76 valence electrons. The molecule has 1 N–H and O–H groups in total. The lowest BCUT2D eigenvalue weighted by atomic mass is 10.3. The quantitative estimate of drug-likeness (QED) is 0.845. The molecule has 1 aromatic rings. The SMILES string of the molecule is CCC(Br)C(=O)Nc1cccnc1C. The number of alkyl halides is 1. The molecule has 0 bridgehead atoms. The number of carbonyl (C=O) groups is 1. The zero-order valence-electron chi connectivity index (χ0n) is 8.25. The van der Waals surface area contributed by atoms with Gasteiger partial charge in [0, 0.05) is 6.20 Å². The van der Waals surface area contributed by atoms with Gasteiger partial charge >= 0.3 is 0 Å². The van der Waals surface area contributed by atoms with Crippen LogP contribution in [0.4, 0.5) is 5.69 Å². The first-order valence-corrected chi connectivity index (χ1v) is 5.43. The van der Waals surface area contributed by atoms with Crippen LogP contribution in [0.2, 0.25) is 0 Å². The zero-order chi connectivity index (χ0) is 10.6. The van der Waals surface area contributed by atoms with Crippen molar-refractivity contribution in [2.75, 3.05) is 5.32 Å². The van der Waals surface area contributed by atoms with Crippen LogP contribution >= 0.6 is 15.9 Å². The summed E-state index contributed by atoms with van der Waals surface area (Å²) < 4.78 is 0. The van der Waals surface area contributed by atoms with Gasteiger partial charge in [-0.1, -0.05) is 22.9 Å². The molecular weight excluding hydrogens is 244 g/mol. The predicted octanol–water partition coefficient (Wildman–Crippen LogP) is 2.50. The molecule has 1 aromatic heterocycles. The van der Waals surface area contributed by atoms with E-state index >= 15 is 0 Å². The molecule has 4 heteroatoms. The normalized spacial score (nSPS) is 12.2. The Balaban J connectivity index is 2.70. The van der Waals surface area contributed by atoms with Gasteiger partial charge in [-0.05, 0) is 25.5 Å². The van der Waals surface area contributed by atoms with E-state index in [0.717, 1.165) is 17.8 Å². The summed E-state index contributed by atoms with van der Waals surface area (Å²) in [4.78, 5) is 15.5. The number of nitrogens with zero attached hydrogens (tertiary/aromatic N) is 1. The molecule has 0 aliphatic carbocycles. The minimum absolute atomic E-state index is 0.0244. The average Bonchev–Trinajstić information content (AvgIpc) is 2.20. The number of aromatic nitrogens is 1. The second-order valence-electron chi connectivity index (χ2n) is 3.00. The van der Waals surface area contributed by atoms with Crippen molar-refractivity contribution in [2.45, 2.75) is 25.1 Å². The summed E-state index contributed by atoms with van der Waals surface area (Å²) in [6, 6.07) is 3.65. The van der Waals surface area contributed by atoms with E-state index in [2.05, 4.69) is 26.2 Å². The van der Waals surface area contributed by atoms with Crippen LogP contribution in [0.1, 0.15) is 19.0 Å². The van der Waals surface area contributed by atoms with Gasteiger partial charge in [-0.25, -0.2) is 0 Å². The van der Waals surface area contributed by atoms with E-state index in [9.17, 15) is 4.79 Å². The Morgan fingerprint density at radius 1 is 1.71 bits per heavy atom. The van der Waals surface area contributed by atoms with Crippen LogP contribution in [0.5, 0.6) is 0 Å². The standard InChI is InChI=1S/C10H13BrN2O/c1-3-8(11)10(14)13-9-5-4-6-12-7(9)2/h4-6,8H,3H2,1-2H3,(H,13,14). The summed E-state index contributed by atoms with van der Waals surface area (Å²) in [6.45, 7) is 3.82. The van der Waals surface area contributed by atoms with Crippen molar-refractivity contribution >= 4 is 27.5 Å². The highest BCUT2D eigenvalue weighted by atomic mass is 79.9. The van der Waals surface area contributed by atoms with E-state index < -0.39 is 0 Å². The van der Waals surface area contributed by atoms with Crippen molar-refractivity contribution in [3.63, 3.8) is 0 Å². The molecule has 1 rings (SSSR count). The fourth-order valence-corrected chi connectivity index (χ4v) is 1.13. The molecule has 0 saturated carbocycles. The monoisotopic (exact) mass is 256 g/mol. The third-order valence-electron chi connectivity index (χ3n) is 1.91. The molecule has 0 saturated heterocycles. The molecule has 0 aliphatic heterocycles. The maximum Gasteiger partial charge on any atom is 0.238 e. The first kappa shape index (κ1) is 11.2. The number of hydrogen-bond acceptors (Lipinski definition) is 2. The van der Waals surface area contributed by atoms with Crippen molar-refractivity contribution < 1.29 is 4.79 Å². The van der Waals surface area contributed by atoms with Gasteiger partial charge in [-0.15, -0.1) is 0 Å². The van der Waals surface area contributed by atoms with Gasteiger partial charge in [0.2, 0.25) is 5.91 Å². The van der Waals surface area contributed by atoms with E-state index in [-0.39, 0.29) is 10.7 Å². The van der Waals surface area contributed by atoms with Crippen molar-refractivity contribution in [1.29, 1.82) is 0 Å². The number of amides is 1. The van der Waals surface area contributed by atoms with E-state index in [1.54, 1.807) is 12.3 Å². The van der Waals surface area contributed by atoms with E-state index in [0.29, 0.717) is 0 Å². The topological polar surface area (TPSA) is 42.0 Å². The number of halogens is 1. The van der Waals surface area contributed by atoms with Crippen LogP contribution < -0.4 is 5.32 Å². The molecule has 1 heterocycles. The van der Waals surface area contributed by atoms with Crippen LogP contribution in [0.25, 0.3) is 0 Å². The number of aryl methyl sites for hydroxylation is 1.